The lowest BCUT2D eigenvalue weighted by molar-refractivity contribution is 0.356. The van der Waals surface area contributed by atoms with E-state index in [0.717, 1.165) is 35.5 Å². The van der Waals surface area contributed by atoms with Gasteiger partial charge in [0.2, 0.25) is 0 Å². The van der Waals surface area contributed by atoms with Crippen LogP contribution in [0.5, 0.6) is 11.5 Å². The Hall–Kier alpha value is -2.82. The molecule has 5 nitrogen and oxygen atoms in total. The summed E-state index contributed by atoms with van der Waals surface area (Å²) in [6, 6.07) is 14.3. The van der Waals surface area contributed by atoms with Crippen LogP contribution in [0.15, 0.2) is 42.5 Å². The lowest BCUT2D eigenvalue weighted by Gasteiger charge is -2.14. The van der Waals surface area contributed by atoms with E-state index in [-0.39, 0.29) is 0 Å². The van der Waals surface area contributed by atoms with E-state index in [1.807, 2.05) is 18.2 Å². The average Bonchev–Trinajstić information content (AvgIpc) is 3.53. The Labute approximate surface area is 153 Å². The van der Waals surface area contributed by atoms with E-state index in [2.05, 4.69) is 29.6 Å². The number of nitrogens with one attached hydrogen (secondary N) is 1. The summed E-state index contributed by atoms with van der Waals surface area (Å²) in [5.74, 6) is 3.66. The highest BCUT2D eigenvalue weighted by atomic mass is 16.5. The number of hydrogen-bond donors (Lipinski definition) is 1. The van der Waals surface area contributed by atoms with Gasteiger partial charge >= 0.3 is 0 Å². The number of anilines is 1. The standard InChI is InChI=1S/C21H23N3O2/c1-25-18-12-16-17(13-19(18)26-2)23-20(15-8-9-15)24-21(16)22-11-10-14-6-4-3-5-7-14/h3-7,12-13,15H,8-11H2,1-2H3,(H,22,23,24). The fraction of sp³-hybridized carbons (Fsp3) is 0.333. The summed E-state index contributed by atoms with van der Waals surface area (Å²) < 4.78 is 10.9. The van der Waals surface area contributed by atoms with E-state index in [1.54, 1.807) is 14.2 Å². The molecule has 0 aliphatic heterocycles. The van der Waals surface area contributed by atoms with Crippen LogP contribution in [-0.2, 0) is 6.42 Å². The molecule has 0 unspecified atom stereocenters. The summed E-state index contributed by atoms with van der Waals surface area (Å²) in [4.78, 5) is 9.57. The van der Waals surface area contributed by atoms with Crippen LogP contribution in [0.25, 0.3) is 10.9 Å². The van der Waals surface area contributed by atoms with Gasteiger partial charge in [-0.1, -0.05) is 30.3 Å². The second kappa shape index (κ2) is 7.20. The first kappa shape index (κ1) is 16.6. The Morgan fingerprint density at radius 1 is 1.00 bits per heavy atom. The number of aromatic nitrogens is 2. The summed E-state index contributed by atoms with van der Waals surface area (Å²) in [6.45, 7) is 0.814. The summed E-state index contributed by atoms with van der Waals surface area (Å²) in [5, 5.41) is 4.46. The third kappa shape index (κ3) is 3.43. The highest BCUT2D eigenvalue weighted by molar-refractivity contribution is 5.92. The van der Waals surface area contributed by atoms with Crippen molar-refractivity contribution in [1.82, 2.24) is 9.97 Å². The number of rotatable bonds is 7. The predicted octanol–water partition coefficient (Wildman–Crippen LogP) is 4.18. The van der Waals surface area contributed by atoms with E-state index in [4.69, 9.17) is 19.4 Å². The van der Waals surface area contributed by atoms with E-state index in [0.29, 0.717) is 17.4 Å². The molecule has 0 saturated heterocycles. The van der Waals surface area contributed by atoms with Crippen molar-refractivity contribution in [3.8, 4) is 11.5 Å². The van der Waals surface area contributed by atoms with Crippen LogP contribution >= 0.6 is 0 Å². The second-order valence-corrected chi connectivity index (χ2v) is 6.59. The minimum Gasteiger partial charge on any atom is -0.493 e. The van der Waals surface area contributed by atoms with Crippen molar-refractivity contribution in [2.45, 2.75) is 25.2 Å². The first-order valence-corrected chi connectivity index (χ1v) is 9.00. The lowest BCUT2D eigenvalue weighted by Crippen LogP contribution is -2.09. The summed E-state index contributed by atoms with van der Waals surface area (Å²) in [5.41, 5.74) is 2.20. The van der Waals surface area contributed by atoms with Gasteiger partial charge < -0.3 is 14.8 Å². The Morgan fingerprint density at radius 3 is 2.42 bits per heavy atom. The first-order chi connectivity index (χ1) is 12.8. The van der Waals surface area contributed by atoms with Crippen LogP contribution in [0, 0.1) is 0 Å². The van der Waals surface area contributed by atoms with Crippen molar-refractivity contribution in [3.63, 3.8) is 0 Å². The number of ether oxygens (including phenoxy) is 2. The quantitative estimate of drug-likeness (QED) is 0.693. The Bertz CT molecular complexity index is 908. The molecule has 5 heteroatoms. The lowest BCUT2D eigenvalue weighted by atomic mass is 10.1. The predicted molar refractivity (Wildman–Crippen MR) is 103 cm³/mol. The summed E-state index contributed by atoms with van der Waals surface area (Å²) in [7, 11) is 3.29. The number of benzene rings is 2. The summed E-state index contributed by atoms with van der Waals surface area (Å²) in [6.07, 6.45) is 3.28. The van der Waals surface area contributed by atoms with Crippen LogP contribution in [0.1, 0.15) is 30.1 Å². The zero-order chi connectivity index (χ0) is 17.9. The zero-order valence-corrected chi connectivity index (χ0v) is 15.2. The molecular weight excluding hydrogens is 326 g/mol. The monoisotopic (exact) mass is 349 g/mol. The zero-order valence-electron chi connectivity index (χ0n) is 15.2. The van der Waals surface area contributed by atoms with Gasteiger partial charge in [0.25, 0.3) is 0 Å². The van der Waals surface area contributed by atoms with E-state index < -0.39 is 0 Å². The molecule has 1 aromatic heterocycles. The van der Waals surface area contributed by atoms with Gasteiger partial charge in [-0.05, 0) is 30.9 Å². The van der Waals surface area contributed by atoms with Crippen LogP contribution in [0.2, 0.25) is 0 Å². The molecule has 1 N–H and O–H groups in total. The molecule has 0 amide bonds. The fourth-order valence-electron chi connectivity index (χ4n) is 3.10. The molecule has 26 heavy (non-hydrogen) atoms. The maximum Gasteiger partial charge on any atom is 0.162 e. The van der Waals surface area contributed by atoms with Gasteiger partial charge in [-0.3, -0.25) is 0 Å². The molecule has 2 aromatic carbocycles. The molecule has 1 aliphatic carbocycles. The van der Waals surface area contributed by atoms with E-state index in [1.165, 1.54) is 18.4 Å². The van der Waals surface area contributed by atoms with Crippen LogP contribution in [0.4, 0.5) is 5.82 Å². The second-order valence-electron chi connectivity index (χ2n) is 6.59. The molecule has 1 fully saturated rings. The molecule has 1 heterocycles. The van der Waals surface area contributed by atoms with E-state index in [9.17, 15) is 0 Å². The van der Waals surface area contributed by atoms with Gasteiger partial charge in [0.05, 0.1) is 19.7 Å². The van der Waals surface area contributed by atoms with Gasteiger partial charge in [-0.15, -0.1) is 0 Å². The van der Waals surface area contributed by atoms with Crippen molar-refractivity contribution in [1.29, 1.82) is 0 Å². The van der Waals surface area contributed by atoms with Crippen LogP contribution in [-0.4, -0.2) is 30.7 Å². The Morgan fingerprint density at radius 2 is 1.73 bits per heavy atom. The third-order valence-electron chi connectivity index (χ3n) is 4.71. The van der Waals surface area contributed by atoms with Gasteiger partial charge in [0.1, 0.15) is 11.6 Å². The highest BCUT2D eigenvalue weighted by Crippen LogP contribution is 2.41. The van der Waals surface area contributed by atoms with E-state index >= 15 is 0 Å². The third-order valence-corrected chi connectivity index (χ3v) is 4.71. The molecule has 1 aliphatic rings. The molecule has 0 bridgehead atoms. The van der Waals surface area contributed by atoms with Crippen molar-refractivity contribution >= 4 is 16.7 Å². The molecule has 0 radical (unpaired) electrons. The number of fused-ring (bicyclic) bond motifs is 1. The van der Waals surface area contributed by atoms with Crippen LogP contribution < -0.4 is 14.8 Å². The molecule has 0 atom stereocenters. The molecule has 4 rings (SSSR count). The molecule has 0 spiro atoms. The highest BCUT2D eigenvalue weighted by Gasteiger charge is 2.28. The largest absolute Gasteiger partial charge is 0.493 e. The van der Waals surface area contributed by atoms with Crippen LogP contribution in [0.3, 0.4) is 0 Å². The number of nitrogens with zero attached hydrogens (tertiary/aromatic N) is 2. The maximum absolute atomic E-state index is 5.45. The normalized spacial score (nSPS) is 13.6. The Kier molecular flexibility index (Phi) is 4.61. The van der Waals surface area contributed by atoms with Crippen molar-refractivity contribution in [2.24, 2.45) is 0 Å². The molecule has 1 saturated carbocycles. The van der Waals surface area contributed by atoms with Gasteiger partial charge in [-0.2, -0.15) is 0 Å². The van der Waals surface area contributed by atoms with Crippen molar-refractivity contribution < 1.29 is 9.47 Å². The number of methoxy groups -OCH3 is 2. The van der Waals surface area contributed by atoms with Gasteiger partial charge in [0.15, 0.2) is 11.5 Å². The first-order valence-electron chi connectivity index (χ1n) is 9.00. The smallest absolute Gasteiger partial charge is 0.162 e. The number of hydrogen-bond acceptors (Lipinski definition) is 5. The fourth-order valence-corrected chi connectivity index (χ4v) is 3.10. The van der Waals surface area contributed by atoms with Crippen molar-refractivity contribution in [3.05, 3.63) is 53.9 Å². The minimum atomic E-state index is 0.488. The summed E-state index contributed by atoms with van der Waals surface area (Å²) >= 11 is 0. The molecule has 3 aromatic rings. The van der Waals surface area contributed by atoms with Gasteiger partial charge in [-0.25, -0.2) is 9.97 Å². The topological polar surface area (TPSA) is 56.3 Å². The van der Waals surface area contributed by atoms with Crippen molar-refractivity contribution in [2.75, 3.05) is 26.1 Å². The molecule has 134 valence electrons. The minimum absolute atomic E-state index is 0.488. The Balaban J connectivity index is 1.66. The average molecular weight is 349 g/mol. The van der Waals surface area contributed by atoms with Gasteiger partial charge in [0, 0.05) is 23.9 Å². The maximum atomic E-state index is 5.45. The SMILES string of the molecule is COc1cc2nc(C3CC3)nc(NCCc3ccccc3)c2cc1OC. The molecular formula is C21H23N3O2.